The first-order valence-corrected chi connectivity index (χ1v) is 8.00. The molecule has 1 heterocycles. The van der Waals surface area contributed by atoms with Crippen LogP contribution in [0, 0.1) is 18.3 Å². The molecule has 3 rings (SSSR count). The Kier molecular flexibility index (Phi) is 5.20. The summed E-state index contributed by atoms with van der Waals surface area (Å²) in [4.78, 5) is 20.9. The molecule has 1 aromatic heterocycles. The molecule has 2 aromatic carbocycles. The van der Waals surface area contributed by atoms with Crippen LogP contribution in [0.3, 0.4) is 0 Å². The number of rotatable bonds is 5. The quantitative estimate of drug-likeness (QED) is 0.766. The molecule has 0 atom stereocenters. The summed E-state index contributed by atoms with van der Waals surface area (Å²) in [7, 11) is 0. The third-order valence-electron chi connectivity index (χ3n) is 3.62. The Bertz CT molecular complexity index is 979. The van der Waals surface area contributed by atoms with Crippen LogP contribution in [0.4, 0.5) is 0 Å². The Labute approximate surface area is 151 Å². The molecule has 0 aliphatic heterocycles. The summed E-state index contributed by atoms with van der Waals surface area (Å²) < 4.78 is 5.81. The summed E-state index contributed by atoms with van der Waals surface area (Å²) in [5, 5.41) is 12.0. The summed E-state index contributed by atoms with van der Waals surface area (Å²) >= 11 is 0. The van der Waals surface area contributed by atoms with Gasteiger partial charge in [-0.05, 0) is 37.3 Å². The van der Waals surface area contributed by atoms with Crippen LogP contribution in [0.15, 0.2) is 60.8 Å². The average Bonchev–Trinajstić information content (AvgIpc) is 2.67. The number of nitrogens with one attached hydrogen (secondary N) is 1. The number of hydrogen-bond acceptors (Lipinski definition) is 5. The average molecular weight is 344 g/mol. The van der Waals surface area contributed by atoms with Gasteiger partial charge in [0.05, 0.1) is 23.4 Å². The molecule has 128 valence electrons. The van der Waals surface area contributed by atoms with Gasteiger partial charge in [0, 0.05) is 6.20 Å². The van der Waals surface area contributed by atoms with Crippen LogP contribution in [0.1, 0.15) is 27.4 Å². The lowest BCUT2D eigenvalue weighted by Crippen LogP contribution is -2.24. The Morgan fingerprint density at radius 2 is 1.85 bits per heavy atom. The number of benzene rings is 2. The number of para-hydroxylation sites is 2. The highest BCUT2D eigenvalue weighted by Crippen LogP contribution is 2.27. The van der Waals surface area contributed by atoms with Crippen molar-refractivity contribution in [2.75, 3.05) is 0 Å². The normalized spacial score (nSPS) is 10.0. The molecule has 3 aromatic rings. The van der Waals surface area contributed by atoms with E-state index >= 15 is 0 Å². The SMILES string of the molecule is Cc1nccc(CNC(=O)c2ccccc2Oc2ccccc2C#N)n1. The van der Waals surface area contributed by atoms with Crippen LogP contribution < -0.4 is 10.1 Å². The van der Waals surface area contributed by atoms with Crippen molar-refractivity contribution in [3.63, 3.8) is 0 Å². The molecule has 26 heavy (non-hydrogen) atoms. The highest BCUT2D eigenvalue weighted by Gasteiger charge is 2.14. The van der Waals surface area contributed by atoms with E-state index in [4.69, 9.17) is 4.74 Å². The Hall–Kier alpha value is -3.72. The van der Waals surface area contributed by atoms with Gasteiger partial charge in [0.25, 0.3) is 5.91 Å². The maximum absolute atomic E-state index is 12.6. The van der Waals surface area contributed by atoms with Crippen LogP contribution >= 0.6 is 0 Å². The van der Waals surface area contributed by atoms with E-state index in [0.717, 1.165) is 5.69 Å². The summed E-state index contributed by atoms with van der Waals surface area (Å²) in [5.74, 6) is 1.15. The summed E-state index contributed by atoms with van der Waals surface area (Å²) in [5.41, 5.74) is 1.50. The Morgan fingerprint density at radius 3 is 2.62 bits per heavy atom. The van der Waals surface area contributed by atoms with Crippen molar-refractivity contribution < 1.29 is 9.53 Å². The highest BCUT2D eigenvalue weighted by molar-refractivity contribution is 5.97. The third kappa shape index (κ3) is 4.02. The third-order valence-corrected chi connectivity index (χ3v) is 3.62. The molecule has 0 aliphatic carbocycles. The topological polar surface area (TPSA) is 87.9 Å². The van der Waals surface area contributed by atoms with Crippen molar-refractivity contribution in [3.8, 4) is 17.6 Å². The van der Waals surface area contributed by atoms with Gasteiger partial charge in [0.15, 0.2) is 0 Å². The minimum Gasteiger partial charge on any atom is -0.455 e. The van der Waals surface area contributed by atoms with E-state index in [1.165, 1.54) is 0 Å². The lowest BCUT2D eigenvalue weighted by molar-refractivity contribution is 0.0948. The molecule has 0 aliphatic rings. The number of carbonyl (C=O) groups is 1. The van der Waals surface area contributed by atoms with E-state index in [-0.39, 0.29) is 12.5 Å². The second-order valence-corrected chi connectivity index (χ2v) is 5.48. The van der Waals surface area contributed by atoms with Crippen LogP contribution in [-0.4, -0.2) is 15.9 Å². The van der Waals surface area contributed by atoms with Crippen LogP contribution in [0.2, 0.25) is 0 Å². The number of hydrogen-bond donors (Lipinski definition) is 1. The molecule has 0 fully saturated rings. The summed E-state index contributed by atoms with van der Waals surface area (Å²) in [6.45, 7) is 2.08. The van der Waals surface area contributed by atoms with E-state index in [1.807, 2.05) is 0 Å². The maximum Gasteiger partial charge on any atom is 0.255 e. The fourth-order valence-corrected chi connectivity index (χ4v) is 2.38. The molecule has 0 saturated carbocycles. The number of amides is 1. The van der Waals surface area contributed by atoms with Gasteiger partial charge in [0.2, 0.25) is 0 Å². The second kappa shape index (κ2) is 7.90. The number of aryl methyl sites for hydroxylation is 1. The first-order valence-electron chi connectivity index (χ1n) is 8.00. The second-order valence-electron chi connectivity index (χ2n) is 5.48. The van der Waals surface area contributed by atoms with Gasteiger partial charge in [-0.25, -0.2) is 9.97 Å². The van der Waals surface area contributed by atoms with E-state index in [1.54, 1.807) is 67.7 Å². The van der Waals surface area contributed by atoms with Crippen molar-refractivity contribution in [1.29, 1.82) is 5.26 Å². The minimum absolute atomic E-state index is 0.283. The number of carbonyl (C=O) groups excluding carboxylic acids is 1. The van der Waals surface area contributed by atoms with Crippen LogP contribution in [0.5, 0.6) is 11.5 Å². The molecule has 0 spiro atoms. The van der Waals surface area contributed by atoms with Crippen LogP contribution in [0.25, 0.3) is 0 Å². The van der Waals surface area contributed by atoms with Crippen LogP contribution in [-0.2, 0) is 6.54 Å². The van der Waals surface area contributed by atoms with Gasteiger partial charge in [0.1, 0.15) is 23.4 Å². The lowest BCUT2D eigenvalue weighted by atomic mass is 10.1. The van der Waals surface area contributed by atoms with Gasteiger partial charge in [-0.1, -0.05) is 24.3 Å². The molecule has 6 heteroatoms. The van der Waals surface area contributed by atoms with E-state index in [2.05, 4.69) is 21.4 Å². The van der Waals surface area contributed by atoms with Crippen molar-refractivity contribution in [1.82, 2.24) is 15.3 Å². The zero-order valence-electron chi connectivity index (χ0n) is 14.1. The molecule has 1 amide bonds. The highest BCUT2D eigenvalue weighted by atomic mass is 16.5. The lowest BCUT2D eigenvalue weighted by Gasteiger charge is -2.12. The zero-order valence-corrected chi connectivity index (χ0v) is 14.1. The van der Waals surface area contributed by atoms with Crippen molar-refractivity contribution in [2.45, 2.75) is 13.5 Å². The first-order chi connectivity index (χ1) is 12.7. The molecular weight excluding hydrogens is 328 g/mol. The van der Waals surface area contributed by atoms with E-state index < -0.39 is 0 Å². The predicted molar refractivity (Wildman–Crippen MR) is 95.6 cm³/mol. The smallest absolute Gasteiger partial charge is 0.255 e. The van der Waals surface area contributed by atoms with Gasteiger partial charge in [-0.2, -0.15) is 5.26 Å². The van der Waals surface area contributed by atoms with Gasteiger partial charge in [-0.3, -0.25) is 4.79 Å². The predicted octanol–water partition coefficient (Wildman–Crippen LogP) is 3.38. The van der Waals surface area contributed by atoms with Gasteiger partial charge < -0.3 is 10.1 Å². The molecule has 1 N–H and O–H groups in total. The first kappa shape index (κ1) is 17.1. The number of nitrogens with zero attached hydrogens (tertiary/aromatic N) is 3. The molecule has 0 saturated heterocycles. The summed E-state index contributed by atoms with van der Waals surface area (Å²) in [6.07, 6.45) is 1.65. The number of aromatic nitrogens is 2. The Morgan fingerprint density at radius 1 is 1.12 bits per heavy atom. The fraction of sp³-hybridized carbons (Fsp3) is 0.100. The minimum atomic E-state index is -0.286. The zero-order chi connectivity index (χ0) is 18.4. The van der Waals surface area contributed by atoms with E-state index in [9.17, 15) is 10.1 Å². The van der Waals surface area contributed by atoms with Gasteiger partial charge in [-0.15, -0.1) is 0 Å². The molecule has 0 bridgehead atoms. The standard InChI is InChI=1S/C20H16N4O2/c1-14-22-11-10-16(24-14)13-23-20(25)17-7-3-5-9-19(17)26-18-8-4-2-6-15(18)12-21/h2-11H,13H2,1H3,(H,23,25). The largest absolute Gasteiger partial charge is 0.455 e. The van der Waals surface area contributed by atoms with Crippen molar-refractivity contribution >= 4 is 5.91 Å². The van der Waals surface area contributed by atoms with Gasteiger partial charge >= 0.3 is 0 Å². The maximum atomic E-state index is 12.6. The molecule has 0 radical (unpaired) electrons. The van der Waals surface area contributed by atoms with E-state index in [0.29, 0.717) is 28.5 Å². The Balaban J connectivity index is 1.78. The number of nitriles is 1. The monoisotopic (exact) mass is 344 g/mol. The molecule has 6 nitrogen and oxygen atoms in total. The molecular formula is C20H16N4O2. The summed E-state index contributed by atoms with van der Waals surface area (Å²) in [6, 6.07) is 17.6. The van der Waals surface area contributed by atoms with Crippen molar-refractivity contribution in [2.24, 2.45) is 0 Å². The molecule has 0 unspecified atom stereocenters. The fourth-order valence-electron chi connectivity index (χ4n) is 2.38. The van der Waals surface area contributed by atoms with Crippen molar-refractivity contribution in [3.05, 3.63) is 83.4 Å². The number of ether oxygens (including phenoxy) is 1.